The summed E-state index contributed by atoms with van der Waals surface area (Å²) in [5.41, 5.74) is 0.718. The molecule has 1 heterocycles. The summed E-state index contributed by atoms with van der Waals surface area (Å²) in [6.45, 7) is 0. The number of nitrogens with zero attached hydrogens (tertiary/aromatic N) is 2. The largest absolute Gasteiger partial charge is 0.292 e. The second-order valence-corrected chi connectivity index (χ2v) is 8.53. The lowest BCUT2D eigenvalue weighted by atomic mass is 9.88. The number of carbonyl (C=O) groups excluding carboxylic acids is 2. The summed E-state index contributed by atoms with van der Waals surface area (Å²) in [5.74, 6) is -0.639. The molecule has 9 heteroatoms. The van der Waals surface area contributed by atoms with Crippen LogP contribution in [0, 0.1) is 0 Å². The van der Waals surface area contributed by atoms with Crippen molar-refractivity contribution in [3.63, 3.8) is 0 Å². The normalized spacial score (nSPS) is 17.6. The molecule has 150 valence electrons. The molecule has 1 unspecified atom stereocenters. The zero-order chi connectivity index (χ0) is 21.3. The van der Waals surface area contributed by atoms with Crippen LogP contribution in [0.3, 0.4) is 0 Å². The third-order valence-electron chi connectivity index (χ3n) is 4.44. The Hall–Kier alpha value is -3.36. The minimum atomic E-state index is -3.84. The Morgan fingerprint density at radius 2 is 1.57 bits per heavy atom. The summed E-state index contributed by atoms with van der Waals surface area (Å²) in [6, 6.07) is 16.8. The van der Waals surface area contributed by atoms with E-state index in [1.165, 1.54) is 36.5 Å². The van der Waals surface area contributed by atoms with E-state index in [1.54, 1.807) is 36.4 Å². The lowest BCUT2D eigenvalue weighted by Gasteiger charge is -2.19. The number of hydrogen-bond donors (Lipinski definition) is 1. The van der Waals surface area contributed by atoms with Gasteiger partial charge in [0.05, 0.1) is 10.6 Å². The van der Waals surface area contributed by atoms with Crippen LogP contribution in [0.4, 0.5) is 11.5 Å². The van der Waals surface area contributed by atoms with Crippen LogP contribution in [-0.4, -0.2) is 36.1 Å². The third kappa shape index (κ3) is 3.74. The lowest BCUT2D eigenvalue weighted by Crippen LogP contribution is -2.37. The molecule has 2 aromatic carbocycles. The molecule has 1 aromatic heterocycles. The van der Waals surface area contributed by atoms with Crippen molar-refractivity contribution >= 4 is 50.4 Å². The van der Waals surface area contributed by atoms with Crippen LogP contribution >= 0.6 is 11.6 Å². The van der Waals surface area contributed by atoms with Crippen molar-refractivity contribution in [3.8, 4) is 0 Å². The van der Waals surface area contributed by atoms with E-state index in [-0.39, 0.29) is 27.6 Å². The maximum Gasteiger partial charge on any atom is 0.263 e. The van der Waals surface area contributed by atoms with Gasteiger partial charge in [-0.3, -0.25) is 14.3 Å². The first kappa shape index (κ1) is 19.9. The number of halogens is 1. The van der Waals surface area contributed by atoms with Gasteiger partial charge in [-0.25, -0.2) is 18.4 Å². The average molecular weight is 440 g/mol. The lowest BCUT2D eigenvalue weighted by molar-refractivity contribution is 0.0968. The molecule has 0 radical (unpaired) electrons. The van der Waals surface area contributed by atoms with Gasteiger partial charge in [-0.15, -0.1) is 11.6 Å². The molecule has 0 amide bonds. The number of Topliss-reactive ketones (excluding diaryl/α,β-unsaturated/α-hetero) is 2. The molecule has 30 heavy (non-hydrogen) atoms. The summed E-state index contributed by atoms with van der Waals surface area (Å²) < 4.78 is 27.3. The van der Waals surface area contributed by atoms with Crippen molar-refractivity contribution in [1.29, 1.82) is 0 Å². The number of aliphatic imine (C=N–C) groups is 1. The van der Waals surface area contributed by atoms with Crippen LogP contribution in [0.15, 0.2) is 82.8 Å². The molecule has 0 bridgehead atoms. The molecule has 7 nitrogen and oxygen atoms in total. The van der Waals surface area contributed by atoms with E-state index in [9.17, 15) is 18.0 Å². The molecule has 1 N–H and O–H groups in total. The van der Waals surface area contributed by atoms with E-state index in [0.717, 1.165) is 0 Å². The smallest absolute Gasteiger partial charge is 0.263 e. The maximum atomic E-state index is 12.7. The van der Waals surface area contributed by atoms with Crippen molar-refractivity contribution in [2.24, 2.45) is 4.99 Å². The van der Waals surface area contributed by atoms with Gasteiger partial charge >= 0.3 is 0 Å². The molecule has 0 saturated carbocycles. The zero-order valence-electron chi connectivity index (χ0n) is 15.3. The van der Waals surface area contributed by atoms with Gasteiger partial charge in [0.1, 0.15) is 16.9 Å². The molecule has 1 aliphatic rings. The number of rotatable bonds is 4. The highest BCUT2D eigenvalue weighted by Crippen LogP contribution is 2.26. The zero-order valence-corrected chi connectivity index (χ0v) is 16.9. The van der Waals surface area contributed by atoms with Crippen molar-refractivity contribution in [2.75, 3.05) is 4.72 Å². The van der Waals surface area contributed by atoms with E-state index in [4.69, 9.17) is 11.6 Å². The van der Waals surface area contributed by atoms with Crippen LogP contribution in [0.25, 0.3) is 0 Å². The molecule has 0 aliphatic heterocycles. The Morgan fingerprint density at radius 3 is 2.23 bits per heavy atom. The summed E-state index contributed by atoms with van der Waals surface area (Å²) in [5, 5.41) is -1.21. The Labute approximate surface area is 177 Å². The highest BCUT2D eigenvalue weighted by molar-refractivity contribution is 7.92. The topological polar surface area (TPSA) is 106 Å². The van der Waals surface area contributed by atoms with Gasteiger partial charge in [-0.1, -0.05) is 30.3 Å². The number of fused-ring (bicyclic) bond motifs is 1. The van der Waals surface area contributed by atoms with Crippen LogP contribution in [0.2, 0.25) is 0 Å². The highest BCUT2D eigenvalue weighted by atomic mass is 35.5. The van der Waals surface area contributed by atoms with E-state index < -0.39 is 27.0 Å². The highest BCUT2D eigenvalue weighted by Gasteiger charge is 2.37. The molecule has 3 aromatic rings. The number of benzene rings is 2. The molecular weight excluding hydrogens is 426 g/mol. The quantitative estimate of drug-likeness (QED) is 0.624. The number of aromatic nitrogens is 1. The fourth-order valence-corrected chi connectivity index (χ4v) is 4.25. The van der Waals surface area contributed by atoms with Gasteiger partial charge < -0.3 is 0 Å². The number of carbonyl (C=O) groups is 2. The van der Waals surface area contributed by atoms with Crippen molar-refractivity contribution in [1.82, 2.24) is 4.98 Å². The van der Waals surface area contributed by atoms with Crippen molar-refractivity contribution in [3.05, 3.63) is 84.1 Å². The van der Waals surface area contributed by atoms with Crippen LogP contribution in [0.1, 0.15) is 20.7 Å². The Kier molecular flexibility index (Phi) is 5.19. The Balaban J connectivity index is 1.63. The molecule has 0 fully saturated rings. The number of hydrogen-bond acceptors (Lipinski definition) is 6. The average Bonchev–Trinajstić information content (AvgIpc) is 2.76. The van der Waals surface area contributed by atoms with Gasteiger partial charge in [0.15, 0.2) is 5.78 Å². The van der Waals surface area contributed by atoms with Gasteiger partial charge in [0, 0.05) is 17.3 Å². The molecular formula is C21H14ClN3O4S. The van der Waals surface area contributed by atoms with Crippen LogP contribution < -0.4 is 4.72 Å². The minimum absolute atomic E-state index is 0.00378. The molecule has 1 aliphatic carbocycles. The second kappa shape index (κ2) is 7.81. The van der Waals surface area contributed by atoms with Gasteiger partial charge in [-0.2, -0.15) is 0 Å². The number of pyridine rings is 1. The van der Waals surface area contributed by atoms with Crippen molar-refractivity contribution < 1.29 is 18.0 Å². The monoisotopic (exact) mass is 439 g/mol. The van der Waals surface area contributed by atoms with Crippen LogP contribution in [0.5, 0.6) is 0 Å². The van der Waals surface area contributed by atoms with Gasteiger partial charge in [0.25, 0.3) is 10.0 Å². The van der Waals surface area contributed by atoms with Gasteiger partial charge in [0.2, 0.25) is 5.78 Å². The molecule has 0 spiro atoms. The first-order valence-corrected chi connectivity index (χ1v) is 10.7. The first-order chi connectivity index (χ1) is 14.4. The predicted octanol–water partition coefficient (Wildman–Crippen LogP) is 3.64. The fourth-order valence-electron chi connectivity index (χ4n) is 2.98. The summed E-state index contributed by atoms with van der Waals surface area (Å²) in [6.07, 6.45) is 1.47. The first-order valence-electron chi connectivity index (χ1n) is 8.81. The Morgan fingerprint density at radius 1 is 0.900 bits per heavy atom. The van der Waals surface area contributed by atoms with Crippen LogP contribution in [-0.2, 0) is 10.0 Å². The number of sulfonamides is 1. The molecule has 1 atom stereocenters. The molecule has 0 saturated heterocycles. The molecule has 4 rings (SSSR count). The summed E-state index contributed by atoms with van der Waals surface area (Å²) >= 11 is 6.19. The van der Waals surface area contributed by atoms with Gasteiger partial charge in [-0.05, 0) is 36.4 Å². The van der Waals surface area contributed by atoms with E-state index in [0.29, 0.717) is 5.69 Å². The Bertz CT molecular complexity index is 1270. The summed E-state index contributed by atoms with van der Waals surface area (Å²) in [7, 11) is -3.84. The number of nitrogens with one attached hydrogen (secondary N) is 1. The van der Waals surface area contributed by atoms with E-state index in [1.807, 2.05) is 0 Å². The fraction of sp³-hybridized carbons (Fsp3) is 0.0476. The van der Waals surface area contributed by atoms with E-state index >= 15 is 0 Å². The summed E-state index contributed by atoms with van der Waals surface area (Å²) in [4.78, 5) is 33.3. The SMILES string of the molecule is O=C1C(=Nc2ccc(S(=O)(=O)Nc3ccccn3)cc2)C(Cl)C(=O)c2ccccc21. The predicted molar refractivity (Wildman–Crippen MR) is 113 cm³/mol. The number of anilines is 1. The number of alkyl halides is 1. The standard InChI is InChI=1S/C21H14ClN3O4S/c22-18-19(21(27)16-6-2-1-5-15(16)20(18)26)24-13-8-10-14(11-9-13)30(28,29)25-17-7-3-4-12-23-17/h1-12,18H,(H,23,25). The second-order valence-electron chi connectivity index (χ2n) is 6.41. The van der Waals surface area contributed by atoms with E-state index in [2.05, 4.69) is 14.7 Å². The maximum absolute atomic E-state index is 12.7. The third-order valence-corrected chi connectivity index (χ3v) is 6.22. The minimum Gasteiger partial charge on any atom is -0.292 e. The van der Waals surface area contributed by atoms with Crippen molar-refractivity contribution in [2.45, 2.75) is 10.3 Å². The number of ketones is 2.